The Morgan fingerprint density at radius 2 is 1.44 bits per heavy atom. The van der Waals surface area contributed by atoms with E-state index < -0.39 is 16.1 Å². The molecule has 0 bridgehead atoms. The molecule has 3 atom stereocenters. The number of allylic oxidation sites excluding steroid dienone is 2. The van der Waals surface area contributed by atoms with Crippen LogP contribution in [0.25, 0.3) is 16.3 Å². The maximum absolute atomic E-state index is 6.06. The van der Waals surface area contributed by atoms with Crippen molar-refractivity contribution in [1.82, 2.24) is 0 Å². The van der Waals surface area contributed by atoms with E-state index in [0.717, 1.165) is 13.0 Å². The van der Waals surface area contributed by atoms with Crippen molar-refractivity contribution in [2.45, 2.75) is 109 Å². The van der Waals surface area contributed by atoms with Gasteiger partial charge in [0.2, 0.25) is 0 Å². The summed E-state index contributed by atoms with van der Waals surface area (Å²) in [4.78, 5) is 2.56. The molecule has 0 aromatic heterocycles. The number of anilines is 1. The van der Waals surface area contributed by atoms with Crippen molar-refractivity contribution < 1.29 is 4.74 Å². The highest BCUT2D eigenvalue weighted by molar-refractivity contribution is 6.98. The molecule has 2 aliphatic carbocycles. The third-order valence-electron chi connectivity index (χ3n) is 10.4. The lowest BCUT2D eigenvalue weighted by Gasteiger charge is -2.37. The summed E-state index contributed by atoms with van der Waals surface area (Å²) in [6, 6.07) is 28.9. The summed E-state index contributed by atoms with van der Waals surface area (Å²) in [6.07, 6.45) is 7.74. The van der Waals surface area contributed by atoms with Gasteiger partial charge in [0.05, 0.1) is 19.7 Å². The smallest absolute Gasteiger partial charge is 0.0962 e. The van der Waals surface area contributed by atoms with Crippen molar-refractivity contribution in [2.24, 2.45) is 0 Å². The maximum Gasteiger partial charge on any atom is 0.0962 e. The lowest BCUT2D eigenvalue weighted by molar-refractivity contribution is -0.00471. The molecule has 4 heteroatoms. The van der Waals surface area contributed by atoms with Gasteiger partial charge in [-0.25, -0.2) is 0 Å². The normalized spacial score (nSPS) is 20.1. The number of hydrogen-bond donors (Lipinski definition) is 0. The van der Waals surface area contributed by atoms with Crippen LogP contribution in [0.3, 0.4) is 0 Å². The van der Waals surface area contributed by atoms with E-state index in [1.807, 2.05) is 0 Å². The van der Waals surface area contributed by atoms with E-state index in [1.54, 1.807) is 21.9 Å². The molecule has 0 spiro atoms. The largest absolute Gasteiger partial charge is 0.376 e. The molecule has 3 aliphatic rings. The number of nitrogens with zero attached hydrogens (tertiary/aromatic N) is 1. The summed E-state index contributed by atoms with van der Waals surface area (Å²) < 4.78 is 6.06. The van der Waals surface area contributed by atoms with Crippen LogP contribution in [-0.4, -0.2) is 35.4 Å². The molecule has 238 valence electrons. The molecule has 0 radical (unpaired) electrons. The van der Waals surface area contributed by atoms with Gasteiger partial charge in [0.25, 0.3) is 0 Å². The van der Waals surface area contributed by atoms with Gasteiger partial charge in [-0.2, -0.15) is 0 Å². The molecule has 1 aliphatic heterocycles. The molecule has 2 nitrogen and oxygen atoms in total. The van der Waals surface area contributed by atoms with Crippen molar-refractivity contribution in [3.63, 3.8) is 0 Å². The zero-order valence-electron chi connectivity index (χ0n) is 29.4. The van der Waals surface area contributed by atoms with Crippen LogP contribution in [0.15, 0.2) is 72.8 Å². The minimum Gasteiger partial charge on any atom is -0.376 e. The summed E-state index contributed by atoms with van der Waals surface area (Å²) in [5.74, 6) is 0. The number of hydrogen-bond acceptors (Lipinski definition) is 2. The third kappa shape index (κ3) is 6.23. The standard InChI is InChI=1S/C41H55NOSi2/c1-29-22-23-36-35(26-29)38-39(42(36)5)33-20-14-15-21-34(33)40(38)45(9,25-17-11-10-16-24-43-41(2,3)4)37-27-30(28-44(6,7)8)31-18-12-13-19-32(31)37/h12-15,18-23,26-27,37,39H,10-11,16-17,24-25,28H2,1-9H3. The van der Waals surface area contributed by atoms with E-state index in [2.05, 4.69) is 139 Å². The van der Waals surface area contributed by atoms with Crippen molar-refractivity contribution in [2.75, 3.05) is 18.6 Å². The molecule has 3 unspecified atom stereocenters. The Hall–Kier alpha value is -2.67. The van der Waals surface area contributed by atoms with E-state index in [-0.39, 0.29) is 5.60 Å². The number of likely N-dealkylation sites (N-methyl/N-ethyl adjacent to an activating group) is 1. The predicted octanol–water partition coefficient (Wildman–Crippen LogP) is 11.5. The van der Waals surface area contributed by atoms with E-state index in [9.17, 15) is 0 Å². The molecule has 45 heavy (non-hydrogen) atoms. The Balaban J connectivity index is 1.46. The highest BCUT2D eigenvalue weighted by Crippen LogP contribution is 2.61. The van der Waals surface area contributed by atoms with Crippen molar-refractivity contribution in [3.8, 4) is 0 Å². The van der Waals surface area contributed by atoms with Crippen molar-refractivity contribution in [1.29, 1.82) is 0 Å². The Bertz CT molecular complexity index is 1640. The fourth-order valence-electron chi connectivity index (χ4n) is 8.47. The fourth-order valence-corrected chi connectivity index (χ4v) is 15.0. The quantitative estimate of drug-likeness (QED) is 0.154. The number of ether oxygens (including phenoxy) is 1. The van der Waals surface area contributed by atoms with Gasteiger partial charge in [-0.15, -0.1) is 0 Å². The molecular weight excluding hydrogens is 579 g/mol. The molecule has 6 rings (SSSR count). The molecule has 0 fully saturated rings. The Kier molecular flexibility index (Phi) is 8.73. The van der Waals surface area contributed by atoms with Gasteiger partial charge < -0.3 is 9.64 Å². The molecule has 3 aromatic carbocycles. The second-order valence-corrected chi connectivity index (χ2v) is 26.4. The first-order valence-electron chi connectivity index (χ1n) is 17.4. The minimum absolute atomic E-state index is 0.0509. The van der Waals surface area contributed by atoms with E-state index in [4.69, 9.17) is 4.74 Å². The van der Waals surface area contributed by atoms with Gasteiger partial charge in [0.1, 0.15) is 0 Å². The average Bonchev–Trinajstić information content (AvgIpc) is 3.60. The molecule has 0 saturated heterocycles. The molecule has 3 aromatic rings. The van der Waals surface area contributed by atoms with Crippen LogP contribution in [0, 0.1) is 6.92 Å². The van der Waals surface area contributed by atoms with Crippen LogP contribution < -0.4 is 4.90 Å². The number of aryl methyl sites for hydroxylation is 1. The Labute approximate surface area is 275 Å². The summed E-state index contributed by atoms with van der Waals surface area (Å²) in [7, 11) is -1.12. The molecule has 1 heterocycles. The Morgan fingerprint density at radius 3 is 2.16 bits per heavy atom. The predicted molar refractivity (Wildman–Crippen MR) is 201 cm³/mol. The topological polar surface area (TPSA) is 12.5 Å². The average molecular weight is 634 g/mol. The highest BCUT2D eigenvalue weighted by Gasteiger charge is 2.51. The molecular formula is C41H55NOSi2. The maximum atomic E-state index is 6.06. The van der Waals surface area contributed by atoms with Gasteiger partial charge in [-0.3, -0.25) is 0 Å². The second kappa shape index (κ2) is 12.2. The highest BCUT2D eigenvalue weighted by atomic mass is 28.3. The lowest BCUT2D eigenvalue weighted by atomic mass is 10.0. The Morgan fingerprint density at radius 1 is 0.778 bits per heavy atom. The van der Waals surface area contributed by atoms with Gasteiger partial charge >= 0.3 is 0 Å². The summed E-state index contributed by atoms with van der Waals surface area (Å²) in [5, 5.41) is 1.74. The summed E-state index contributed by atoms with van der Waals surface area (Å²) in [6.45, 7) is 20.0. The van der Waals surface area contributed by atoms with Crippen molar-refractivity contribution in [3.05, 3.63) is 106 Å². The summed E-state index contributed by atoms with van der Waals surface area (Å²) >= 11 is 0. The molecule has 0 N–H and O–H groups in total. The zero-order valence-corrected chi connectivity index (χ0v) is 31.4. The minimum atomic E-state index is -2.14. The van der Waals surface area contributed by atoms with Crippen LogP contribution >= 0.6 is 0 Å². The fraction of sp³-hybridized carbons (Fsp3) is 0.463. The van der Waals surface area contributed by atoms with Crippen LogP contribution in [0.4, 0.5) is 5.69 Å². The molecule has 0 saturated carbocycles. The SMILES string of the molecule is Cc1ccc2c(c1)C1=C([Si](C)(CCCCCCOC(C)(C)C)C3C=C(C[Si](C)(C)C)c4ccccc43)c3ccccc3C1N2C. The van der Waals surface area contributed by atoms with Gasteiger partial charge in [0, 0.05) is 38.5 Å². The van der Waals surface area contributed by atoms with E-state index in [1.165, 1.54) is 64.9 Å². The van der Waals surface area contributed by atoms with Crippen LogP contribution in [-0.2, 0) is 4.74 Å². The number of rotatable bonds is 11. The lowest BCUT2D eigenvalue weighted by Crippen LogP contribution is -2.39. The summed E-state index contributed by atoms with van der Waals surface area (Å²) in [5.41, 5.74) is 14.1. The van der Waals surface area contributed by atoms with Gasteiger partial charge in [-0.05, 0) is 90.9 Å². The zero-order chi connectivity index (χ0) is 32.1. The van der Waals surface area contributed by atoms with Crippen LogP contribution in [0.1, 0.15) is 91.4 Å². The first-order valence-corrected chi connectivity index (χ1v) is 23.9. The number of fused-ring (bicyclic) bond motifs is 6. The van der Waals surface area contributed by atoms with Gasteiger partial charge in [0.15, 0.2) is 0 Å². The van der Waals surface area contributed by atoms with E-state index in [0.29, 0.717) is 11.6 Å². The third-order valence-corrected chi connectivity index (χ3v) is 16.8. The van der Waals surface area contributed by atoms with E-state index >= 15 is 0 Å². The monoisotopic (exact) mass is 633 g/mol. The van der Waals surface area contributed by atoms with Crippen molar-refractivity contribution >= 4 is 38.2 Å². The van der Waals surface area contributed by atoms with Crippen LogP contribution in [0.5, 0.6) is 0 Å². The number of unbranched alkanes of at least 4 members (excludes halogenated alkanes) is 3. The number of benzene rings is 3. The van der Waals surface area contributed by atoms with Crippen LogP contribution in [0.2, 0.25) is 38.3 Å². The van der Waals surface area contributed by atoms with Gasteiger partial charge in [-0.1, -0.05) is 118 Å². The first-order chi connectivity index (χ1) is 21.3. The molecule has 0 amide bonds. The first kappa shape index (κ1) is 32.3. The second-order valence-electron chi connectivity index (χ2n) is 16.4.